The molecule has 3 aromatic rings. The molecule has 1 aliphatic heterocycles. The Labute approximate surface area is 180 Å². The van der Waals surface area contributed by atoms with Crippen LogP contribution in [0.2, 0.25) is 0 Å². The van der Waals surface area contributed by atoms with Crippen LogP contribution in [0.5, 0.6) is 5.75 Å². The lowest BCUT2D eigenvalue weighted by atomic mass is 9.94. The van der Waals surface area contributed by atoms with Crippen molar-refractivity contribution in [3.8, 4) is 5.75 Å². The summed E-state index contributed by atoms with van der Waals surface area (Å²) >= 11 is 0. The van der Waals surface area contributed by atoms with Gasteiger partial charge in [-0.2, -0.15) is 0 Å². The highest BCUT2D eigenvalue weighted by atomic mass is 16.3. The Bertz CT molecular complexity index is 1220. The molecule has 4 rings (SSSR count). The second-order valence-corrected chi connectivity index (χ2v) is 7.90. The minimum Gasteiger partial charge on any atom is -0.508 e. The van der Waals surface area contributed by atoms with Gasteiger partial charge in [-0.05, 0) is 67.8 Å². The highest BCUT2D eigenvalue weighted by Gasteiger charge is 2.47. The Morgan fingerprint density at radius 2 is 1.58 bits per heavy atom. The van der Waals surface area contributed by atoms with Crippen LogP contribution in [0.1, 0.15) is 33.9 Å². The third-order valence-corrected chi connectivity index (χ3v) is 5.72. The summed E-state index contributed by atoms with van der Waals surface area (Å²) < 4.78 is 0. The van der Waals surface area contributed by atoms with E-state index >= 15 is 0 Å². The predicted molar refractivity (Wildman–Crippen MR) is 120 cm³/mol. The van der Waals surface area contributed by atoms with Crippen molar-refractivity contribution in [2.24, 2.45) is 0 Å². The molecule has 5 nitrogen and oxygen atoms in total. The van der Waals surface area contributed by atoms with Gasteiger partial charge in [-0.3, -0.25) is 14.5 Å². The fourth-order valence-corrected chi connectivity index (χ4v) is 3.86. The van der Waals surface area contributed by atoms with Crippen LogP contribution in [0.4, 0.5) is 5.69 Å². The van der Waals surface area contributed by atoms with E-state index in [1.54, 1.807) is 36.4 Å². The van der Waals surface area contributed by atoms with Gasteiger partial charge in [0.05, 0.1) is 11.6 Å². The molecule has 0 spiro atoms. The normalized spacial score (nSPS) is 17.9. The zero-order valence-corrected chi connectivity index (χ0v) is 17.6. The van der Waals surface area contributed by atoms with E-state index in [1.807, 2.05) is 39.0 Å². The summed E-state index contributed by atoms with van der Waals surface area (Å²) in [6, 6.07) is 18.2. The van der Waals surface area contributed by atoms with E-state index in [4.69, 9.17) is 0 Å². The summed E-state index contributed by atoms with van der Waals surface area (Å²) in [5, 5.41) is 21.2. The van der Waals surface area contributed by atoms with Crippen LogP contribution >= 0.6 is 0 Å². The second-order valence-electron chi connectivity index (χ2n) is 7.90. The number of carbonyl (C=O) groups is 2. The number of anilines is 1. The number of phenolic OH excluding ortho intramolecular Hbond substituents is 1. The minimum absolute atomic E-state index is 0.000530. The summed E-state index contributed by atoms with van der Waals surface area (Å²) in [5.74, 6) is -1.70. The number of nitrogens with zero attached hydrogens (tertiary/aromatic N) is 1. The van der Waals surface area contributed by atoms with Crippen LogP contribution in [0, 0.1) is 20.8 Å². The zero-order chi connectivity index (χ0) is 22.3. The molecule has 156 valence electrons. The maximum absolute atomic E-state index is 13.1. The highest BCUT2D eigenvalue weighted by Crippen LogP contribution is 2.42. The SMILES string of the molecule is Cc1ccc(N2C(=O)C(=O)/C(=C(\O)c3ccc(C)c(C)c3)C2c2cccc(O)c2)cc1. The molecule has 1 fully saturated rings. The largest absolute Gasteiger partial charge is 0.508 e. The number of amides is 1. The van der Waals surface area contributed by atoms with Crippen molar-refractivity contribution in [1.82, 2.24) is 0 Å². The smallest absolute Gasteiger partial charge is 0.300 e. The van der Waals surface area contributed by atoms with Crippen LogP contribution < -0.4 is 4.90 Å². The van der Waals surface area contributed by atoms with Crippen molar-refractivity contribution in [3.63, 3.8) is 0 Å². The summed E-state index contributed by atoms with van der Waals surface area (Å²) in [5.41, 5.74) is 4.58. The lowest BCUT2D eigenvalue weighted by Crippen LogP contribution is -2.29. The fraction of sp³-hybridized carbons (Fsp3) is 0.154. The molecular weight excluding hydrogens is 390 g/mol. The molecule has 1 unspecified atom stereocenters. The molecule has 0 bridgehead atoms. The van der Waals surface area contributed by atoms with E-state index in [1.165, 1.54) is 17.0 Å². The van der Waals surface area contributed by atoms with Gasteiger partial charge in [-0.25, -0.2) is 0 Å². The summed E-state index contributed by atoms with van der Waals surface area (Å²) in [4.78, 5) is 27.6. The van der Waals surface area contributed by atoms with E-state index in [0.29, 0.717) is 16.8 Å². The Morgan fingerprint density at radius 3 is 2.23 bits per heavy atom. The monoisotopic (exact) mass is 413 g/mol. The van der Waals surface area contributed by atoms with Crippen molar-refractivity contribution < 1.29 is 19.8 Å². The number of aliphatic hydroxyl groups excluding tert-OH is 1. The predicted octanol–water partition coefficient (Wildman–Crippen LogP) is 4.94. The van der Waals surface area contributed by atoms with Crippen LogP contribution in [-0.2, 0) is 9.59 Å². The van der Waals surface area contributed by atoms with Crippen LogP contribution in [-0.4, -0.2) is 21.9 Å². The average Bonchev–Trinajstić information content (AvgIpc) is 3.01. The first-order valence-corrected chi connectivity index (χ1v) is 10.0. The topological polar surface area (TPSA) is 77.8 Å². The van der Waals surface area contributed by atoms with Gasteiger partial charge in [-0.15, -0.1) is 0 Å². The van der Waals surface area contributed by atoms with Crippen molar-refractivity contribution in [2.75, 3.05) is 4.90 Å². The second kappa shape index (κ2) is 7.76. The van der Waals surface area contributed by atoms with Gasteiger partial charge in [0.25, 0.3) is 11.7 Å². The molecule has 1 saturated heterocycles. The lowest BCUT2D eigenvalue weighted by Gasteiger charge is -2.25. The molecule has 2 N–H and O–H groups in total. The first kappa shape index (κ1) is 20.4. The van der Waals surface area contributed by atoms with Crippen molar-refractivity contribution in [1.29, 1.82) is 0 Å². The Morgan fingerprint density at radius 1 is 0.871 bits per heavy atom. The van der Waals surface area contributed by atoms with E-state index < -0.39 is 17.7 Å². The number of Topliss-reactive ketones (excluding diaryl/α,β-unsaturated/α-hetero) is 1. The number of carbonyl (C=O) groups excluding carboxylic acids is 2. The van der Waals surface area contributed by atoms with Crippen LogP contribution in [0.25, 0.3) is 5.76 Å². The number of rotatable bonds is 3. The maximum atomic E-state index is 13.1. The molecule has 0 saturated carbocycles. The van der Waals surface area contributed by atoms with Crippen molar-refractivity contribution in [2.45, 2.75) is 26.8 Å². The number of ketones is 1. The number of aryl methyl sites for hydroxylation is 3. The van der Waals surface area contributed by atoms with Gasteiger partial charge in [-0.1, -0.05) is 42.0 Å². The molecule has 0 radical (unpaired) electrons. The van der Waals surface area contributed by atoms with Gasteiger partial charge in [0.1, 0.15) is 11.5 Å². The summed E-state index contributed by atoms with van der Waals surface area (Å²) in [6.07, 6.45) is 0. The Kier molecular flexibility index (Phi) is 5.11. The standard InChI is InChI=1S/C26H23NO4/c1-15-7-11-20(12-8-15)27-23(18-5-4-6-21(28)14-18)22(25(30)26(27)31)24(29)19-10-9-16(2)17(3)13-19/h4-14,23,28-29H,1-3H3/b24-22-. The number of phenols is 1. The van der Waals surface area contributed by atoms with Crippen LogP contribution in [0.3, 0.4) is 0 Å². The van der Waals surface area contributed by atoms with Crippen molar-refractivity contribution in [3.05, 3.63) is 100 Å². The van der Waals surface area contributed by atoms with Crippen molar-refractivity contribution >= 4 is 23.1 Å². The molecular formula is C26H23NO4. The molecule has 0 aliphatic carbocycles. The van der Waals surface area contributed by atoms with E-state index in [2.05, 4.69) is 0 Å². The fourth-order valence-electron chi connectivity index (χ4n) is 3.86. The third-order valence-electron chi connectivity index (χ3n) is 5.72. The Balaban J connectivity index is 1.96. The molecule has 1 heterocycles. The zero-order valence-electron chi connectivity index (χ0n) is 17.6. The number of hydrogen-bond donors (Lipinski definition) is 2. The van der Waals surface area contributed by atoms with E-state index in [0.717, 1.165) is 16.7 Å². The molecule has 5 heteroatoms. The van der Waals surface area contributed by atoms with Gasteiger partial charge in [0, 0.05) is 11.3 Å². The average molecular weight is 413 g/mol. The highest BCUT2D eigenvalue weighted by molar-refractivity contribution is 6.51. The van der Waals surface area contributed by atoms with Crippen LogP contribution in [0.15, 0.2) is 72.3 Å². The minimum atomic E-state index is -0.864. The van der Waals surface area contributed by atoms with Gasteiger partial charge in [0.15, 0.2) is 0 Å². The first-order chi connectivity index (χ1) is 14.8. The number of aromatic hydroxyl groups is 1. The first-order valence-electron chi connectivity index (χ1n) is 10.0. The van der Waals surface area contributed by atoms with Gasteiger partial charge in [0.2, 0.25) is 0 Å². The lowest BCUT2D eigenvalue weighted by molar-refractivity contribution is -0.132. The van der Waals surface area contributed by atoms with E-state index in [-0.39, 0.29) is 17.1 Å². The molecule has 1 atom stereocenters. The summed E-state index contributed by atoms with van der Waals surface area (Å²) in [6.45, 7) is 5.82. The quantitative estimate of drug-likeness (QED) is 0.362. The molecule has 1 aliphatic rings. The molecule has 1 amide bonds. The number of aliphatic hydroxyl groups is 1. The maximum Gasteiger partial charge on any atom is 0.300 e. The third kappa shape index (κ3) is 3.59. The van der Waals surface area contributed by atoms with Gasteiger partial charge < -0.3 is 10.2 Å². The number of hydrogen-bond acceptors (Lipinski definition) is 4. The number of benzene rings is 3. The molecule has 31 heavy (non-hydrogen) atoms. The van der Waals surface area contributed by atoms with Gasteiger partial charge >= 0.3 is 0 Å². The van der Waals surface area contributed by atoms with E-state index in [9.17, 15) is 19.8 Å². The molecule has 0 aromatic heterocycles. The Hall–Kier alpha value is -3.86. The summed E-state index contributed by atoms with van der Waals surface area (Å²) in [7, 11) is 0. The molecule has 3 aromatic carbocycles.